The molecule has 3 N–H and O–H groups in total. The summed E-state index contributed by atoms with van der Waals surface area (Å²) >= 11 is 0. The van der Waals surface area contributed by atoms with Crippen molar-refractivity contribution in [3.05, 3.63) is 53.6 Å². The number of benzene rings is 2. The van der Waals surface area contributed by atoms with Crippen LogP contribution in [0.25, 0.3) is 0 Å². The number of aliphatic hydroxyl groups excluding tert-OH is 1. The van der Waals surface area contributed by atoms with E-state index in [9.17, 15) is 5.11 Å². The van der Waals surface area contributed by atoms with Gasteiger partial charge in [-0.3, -0.25) is 0 Å². The Hall–Kier alpha value is -2.24. The van der Waals surface area contributed by atoms with Crippen LogP contribution in [0.5, 0.6) is 11.5 Å². The Morgan fingerprint density at radius 3 is 2.58 bits per heavy atom. The third-order valence-electron chi connectivity index (χ3n) is 4.96. The van der Waals surface area contributed by atoms with Crippen LogP contribution in [0.15, 0.2) is 42.5 Å². The Balaban J connectivity index is 1.86. The number of methoxy groups -OCH3 is 1. The highest BCUT2D eigenvalue weighted by atomic mass is 16.5. The second kappa shape index (κ2) is 7.56. The van der Waals surface area contributed by atoms with E-state index < -0.39 is 11.7 Å². The third kappa shape index (κ3) is 3.64. The fourth-order valence-electron chi connectivity index (χ4n) is 3.42. The standard InChI is InChI=1S/C21H28N2O3/c1-21(2)20(24)19(23-11-10-14-8-6-5-7-9-14)15-12-18(25-4)16(22-3)13-17(15)26-21/h5-9,12-13,19-20,22-24H,10-11H2,1-4H3/t19-,20+/m0/s1. The van der Waals surface area contributed by atoms with Gasteiger partial charge in [-0.05, 0) is 38.4 Å². The van der Waals surface area contributed by atoms with E-state index in [1.807, 2.05) is 51.2 Å². The number of hydrogen-bond acceptors (Lipinski definition) is 5. The summed E-state index contributed by atoms with van der Waals surface area (Å²) in [5, 5.41) is 17.5. The van der Waals surface area contributed by atoms with Gasteiger partial charge in [0.1, 0.15) is 23.2 Å². The highest BCUT2D eigenvalue weighted by Crippen LogP contribution is 2.44. The molecular weight excluding hydrogens is 328 g/mol. The molecule has 3 rings (SSSR count). The first-order valence-corrected chi connectivity index (χ1v) is 9.00. The van der Waals surface area contributed by atoms with E-state index in [-0.39, 0.29) is 6.04 Å². The van der Waals surface area contributed by atoms with Gasteiger partial charge in [-0.2, -0.15) is 0 Å². The molecule has 0 spiro atoms. The molecule has 0 fully saturated rings. The number of anilines is 1. The predicted molar refractivity (Wildman–Crippen MR) is 104 cm³/mol. The van der Waals surface area contributed by atoms with Gasteiger partial charge in [0.05, 0.1) is 18.8 Å². The molecule has 0 amide bonds. The minimum Gasteiger partial charge on any atom is -0.495 e. The number of ether oxygens (including phenoxy) is 2. The van der Waals surface area contributed by atoms with Gasteiger partial charge in [0.15, 0.2) is 0 Å². The van der Waals surface area contributed by atoms with Crippen LogP contribution in [0.2, 0.25) is 0 Å². The summed E-state index contributed by atoms with van der Waals surface area (Å²) in [6.07, 6.45) is 0.225. The maximum Gasteiger partial charge on any atom is 0.142 e. The number of nitrogens with one attached hydrogen (secondary N) is 2. The van der Waals surface area contributed by atoms with Gasteiger partial charge >= 0.3 is 0 Å². The van der Waals surface area contributed by atoms with Crippen molar-refractivity contribution in [3.63, 3.8) is 0 Å². The minimum absolute atomic E-state index is 0.225. The largest absolute Gasteiger partial charge is 0.495 e. The molecule has 0 aromatic heterocycles. The first kappa shape index (κ1) is 18.5. The van der Waals surface area contributed by atoms with Crippen LogP contribution in [0.3, 0.4) is 0 Å². The molecule has 5 nitrogen and oxygen atoms in total. The Bertz CT molecular complexity index is 746. The van der Waals surface area contributed by atoms with Gasteiger partial charge in [0.2, 0.25) is 0 Å². The van der Waals surface area contributed by atoms with Crippen LogP contribution in [0, 0.1) is 0 Å². The molecule has 0 bridgehead atoms. The van der Waals surface area contributed by atoms with Crippen molar-refractivity contribution in [2.75, 3.05) is 26.0 Å². The zero-order chi connectivity index (χ0) is 18.7. The maximum absolute atomic E-state index is 10.9. The second-order valence-corrected chi connectivity index (χ2v) is 7.16. The molecule has 26 heavy (non-hydrogen) atoms. The van der Waals surface area contributed by atoms with Crippen LogP contribution < -0.4 is 20.1 Å². The number of hydrogen-bond donors (Lipinski definition) is 3. The van der Waals surface area contributed by atoms with Crippen molar-refractivity contribution in [1.29, 1.82) is 0 Å². The second-order valence-electron chi connectivity index (χ2n) is 7.16. The van der Waals surface area contributed by atoms with Crippen LogP contribution in [0.4, 0.5) is 5.69 Å². The monoisotopic (exact) mass is 356 g/mol. The van der Waals surface area contributed by atoms with Gasteiger partial charge in [-0.15, -0.1) is 0 Å². The van der Waals surface area contributed by atoms with Crippen LogP contribution >= 0.6 is 0 Å². The Morgan fingerprint density at radius 1 is 1.19 bits per heavy atom. The van der Waals surface area contributed by atoms with Crippen molar-refractivity contribution >= 4 is 5.69 Å². The minimum atomic E-state index is -0.684. The molecule has 2 aromatic rings. The molecule has 2 aromatic carbocycles. The average molecular weight is 356 g/mol. The predicted octanol–water partition coefficient (Wildman–Crippen LogP) is 3.14. The van der Waals surface area contributed by atoms with Crippen molar-refractivity contribution in [3.8, 4) is 11.5 Å². The summed E-state index contributed by atoms with van der Waals surface area (Å²) in [4.78, 5) is 0. The normalized spacial score (nSPS) is 20.8. The first-order chi connectivity index (χ1) is 12.5. The van der Waals surface area contributed by atoms with Crippen LogP contribution in [0.1, 0.15) is 31.0 Å². The van der Waals surface area contributed by atoms with Gasteiger partial charge < -0.3 is 25.2 Å². The highest BCUT2D eigenvalue weighted by Gasteiger charge is 2.43. The van der Waals surface area contributed by atoms with Crippen LogP contribution in [-0.2, 0) is 6.42 Å². The molecule has 5 heteroatoms. The van der Waals surface area contributed by atoms with Crippen molar-refractivity contribution in [2.45, 2.75) is 38.0 Å². The van der Waals surface area contributed by atoms with E-state index >= 15 is 0 Å². The van der Waals surface area contributed by atoms with Gasteiger partial charge in [0.25, 0.3) is 0 Å². The summed E-state index contributed by atoms with van der Waals surface area (Å²) in [6.45, 7) is 4.59. The molecule has 1 aliphatic heterocycles. The van der Waals surface area contributed by atoms with E-state index in [1.165, 1.54) is 5.56 Å². The van der Waals surface area contributed by atoms with Gasteiger partial charge in [0, 0.05) is 18.7 Å². The fourth-order valence-corrected chi connectivity index (χ4v) is 3.42. The van der Waals surface area contributed by atoms with E-state index in [0.29, 0.717) is 0 Å². The Kier molecular flexibility index (Phi) is 5.39. The zero-order valence-electron chi connectivity index (χ0n) is 15.9. The lowest BCUT2D eigenvalue weighted by Crippen LogP contribution is -2.52. The van der Waals surface area contributed by atoms with Crippen molar-refractivity contribution in [2.24, 2.45) is 0 Å². The lowest BCUT2D eigenvalue weighted by Gasteiger charge is -2.42. The van der Waals surface area contributed by atoms with Crippen molar-refractivity contribution in [1.82, 2.24) is 5.32 Å². The summed E-state index contributed by atoms with van der Waals surface area (Å²) in [5.74, 6) is 1.50. The summed E-state index contributed by atoms with van der Waals surface area (Å²) in [5.41, 5.74) is 2.36. The lowest BCUT2D eigenvalue weighted by molar-refractivity contribution is -0.0644. The fraction of sp³-hybridized carbons (Fsp3) is 0.429. The lowest BCUT2D eigenvalue weighted by atomic mass is 9.86. The summed E-state index contributed by atoms with van der Waals surface area (Å²) in [6, 6.07) is 14.0. The van der Waals surface area contributed by atoms with Crippen LogP contribution in [-0.4, -0.2) is 37.5 Å². The molecular formula is C21H28N2O3. The topological polar surface area (TPSA) is 62.8 Å². The molecule has 140 valence electrons. The molecule has 1 heterocycles. The van der Waals surface area contributed by atoms with Crippen molar-refractivity contribution < 1.29 is 14.6 Å². The molecule has 0 aliphatic carbocycles. The molecule has 0 saturated carbocycles. The molecule has 0 radical (unpaired) electrons. The van der Waals surface area contributed by atoms with Gasteiger partial charge in [-0.1, -0.05) is 30.3 Å². The maximum atomic E-state index is 10.9. The Morgan fingerprint density at radius 2 is 1.92 bits per heavy atom. The average Bonchev–Trinajstić information content (AvgIpc) is 2.64. The Labute approximate surface area is 155 Å². The summed E-state index contributed by atoms with van der Waals surface area (Å²) in [7, 11) is 3.49. The van der Waals surface area contributed by atoms with Gasteiger partial charge in [-0.25, -0.2) is 0 Å². The van der Waals surface area contributed by atoms with E-state index in [1.54, 1.807) is 7.11 Å². The number of rotatable bonds is 6. The smallest absolute Gasteiger partial charge is 0.142 e. The van der Waals surface area contributed by atoms with E-state index in [2.05, 4.69) is 22.8 Å². The molecule has 0 saturated heterocycles. The number of aliphatic hydroxyl groups is 1. The number of fused-ring (bicyclic) bond motifs is 1. The third-order valence-corrected chi connectivity index (χ3v) is 4.96. The summed E-state index contributed by atoms with van der Waals surface area (Å²) < 4.78 is 11.6. The highest BCUT2D eigenvalue weighted by molar-refractivity contribution is 5.63. The first-order valence-electron chi connectivity index (χ1n) is 9.00. The zero-order valence-corrected chi connectivity index (χ0v) is 15.9. The molecule has 0 unspecified atom stereocenters. The quantitative estimate of drug-likeness (QED) is 0.742. The van der Waals surface area contributed by atoms with E-state index in [4.69, 9.17) is 9.47 Å². The SMILES string of the molecule is CNc1cc2c(cc1OC)[C@H](NCCc1ccccc1)[C@@H](O)C(C)(C)O2. The van der Waals surface area contributed by atoms with E-state index in [0.717, 1.165) is 35.7 Å². The molecule has 2 atom stereocenters. The molecule has 1 aliphatic rings.